The number of alkyl halides is 3. The zero-order valence-electron chi connectivity index (χ0n) is 15.0. The molecule has 2 rings (SSSR count). The van der Waals surface area contributed by atoms with E-state index in [4.69, 9.17) is 44.3 Å². The SMILES string of the molecule is CCOC(=O)c1ccc(C[C@H](C(=O)OCC(Cl)(Cl)Cl)c2ccc(Br)cc2)cc1. The average Bonchev–Trinajstić information content (AvgIpc) is 2.65. The number of esters is 2. The number of carbonyl (C=O) groups is 2. The molecule has 4 nitrogen and oxygen atoms in total. The van der Waals surface area contributed by atoms with Gasteiger partial charge in [-0.2, -0.15) is 0 Å². The van der Waals surface area contributed by atoms with Crippen LogP contribution in [0.3, 0.4) is 0 Å². The summed E-state index contributed by atoms with van der Waals surface area (Å²) in [6, 6.07) is 14.2. The first kappa shape index (κ1) is 23.0. The van der Waals surface area contributed by atoms with Gasteiger partial charge in [0.15, 0.2) is 0 Å². The fraction of sp³-hybridized carbons (Fsp3) is 0.300. The lowest BCUT2D eigenvalue weighted by atomic mass is 9.91. The molecule has 0 radical (unpaired) electrons. The Hall–Kier alpha value is -1.27. The molecule has 0 saturated carbocycles. The molecule has 150 valence electrons. The van der Waals surface area contributed by atoms with Crippen LogP contribution in [-0.2, 0) is 20.7 Å². The monoisotopic (exact) mass is 506 g/mol. The fourth-order valence-corrected chi connectivity index (χ4v) is 2.94. The third kappa shape index (κ3) is 7.28. The van der Waals surface area contributed by atoms with E-state index in [1.165, 1.54) is 0 Å². The molecule has 0 unspecified atom stereocenters. The van der Waals surface area contributed by atoms with Crippen molar-refractivity contribution in [3.63, 3.8) is 0 Å². The molecule has 28 heavy (non-hydrogen) atoms. The quantitative estimate of drug-likeness (QED) is 0.347. The molecule has 0 aliphatic heterocycles. The van der Waals surface area contributed by atoms with Gasteiger partial charge in [-0.25, -0.2) is 4.79 Å². The van der Waals surface area contributed by atoms with Crippen molar-refractivity contribution >= 4 is 62.7 Å². The molecule has 0 amide bonds. The fourth-order valence-electron chi connectivity index (χ4n) is 2.51. The number of carbonyl (C=O) groups excluding carboxylic acids is 2. The Bertz CT molecular complexity index is 802. The lowest BCUT2D eigenvalue weighted by Gasteiger charge is -2.19. The van der Waals surface area contributed by atoms with Gasteiger partial charge in [0.25, 0.3) is 0 Å². The maximum absolute atomic E-state index is 12.7. The third-order valence-corrected chi connectivity index (χ3v) is 4.70. The van der Waals surface area contributed by atoms with Crippen LogP contribution < -0.4 is 0 Å². The van der Waals surface area contributed by atoms with Gasteiger partial charge in [-0.05, 0) is 48.7 Å². The molecule has 2 aromatic carbocycles. The highest BCUT2D eigenvalue weighted by molar-refractivity contribution is 9.10. The molecule has 0 bridgehead atoms. The van der Waals surface area contributed by atoms with E-state index in [-0.39, 0.29) is 12.6 Å². The zero-order chi connectivity index (χ0) is 20.7. The van der Waals surface area contributed by atoms with Crippen LogP contribution in [0.15, 0.2) is 53.0 Å². The zero-order valence-corrected chi connectivity index (χ0v) is 18.8. The predicted molar refractivity (Wildman–Crippen MR) is 114 cm³/mol. The minimum absolute atomic E-state index is 0.307. The van der Waals surface area contributed by atoms with Gasteiger partial charge in [-0.1, -0.05) is 75.0 Å². The van der Waals surface area contributed by atoms with E-state index in [1.54, 1.807) is 31.2 Å². The molecule has 0 spiro atoms. The normalized spacial score (nSPS) is 12.3. The minimum atomic E-state index is -1.68. The average molecular weight is 509 g/mol. The van der Waals surface area contributed by atoms with Crippen LogP contribution in [0.5, 0.6) is 0 Å². The summed E-state index contributed by atoms with van der Waals surface area (Å²) >= 11 is 20.4. The van der Waals surface area contributed by atoms with E-state index in [1.807, 2.05) is 24.3 Å². The van der Waals surface area contributed by atoms with Crippen molar-refractivity contribution in [1.29, 1.82) is 0 Å². The Balaban J connectivity index is 2.20. The lowest BCUT2D eigenvalue weighted by Crippen LogP contribution is -2.23. The summed E-state index contributed by atoms with van der Waals surface area (Å²) < 4.78 is 9.39. The Morgan fingerprint density at radius 2 is 1.61 bits per heavy atom. The second-order valence-electron chi connectivity index (χ2n) is 5.95. The molecule has 0 heterocycles. The van der Waals surface area contributed by atoms with E-state index in [0.717, 1.165) is 15.6 Å². The first-order chi connectivity index (χ1) is 13.2. The number of halogens is 4. The molecule has 2 aromatic rings. The van der Waals surface area contributed by atoms with Gasteiger partial charge in [-0.3, -0.25) is 4.79 Å². The van der Waals surface area contributed by atoms with Crippen molar-refractivity contribution in [2.24, 2.45) is 0 Å². The van der Waals surface area contributed by atoms with Crippen LogP contribution in [0, 0.1) is 0 Å². The summed E-state index contributed by atoms with van der Waals surface area (Å²) in [6.07, 6.45) is 0.365. The molecule has 0 fully saturated rings. The van der Waals surface area contributed by atoms with Crippen molar-refractivity contribution < 1.29 is 19.1 Å². The highest BCUT2D eigenvalue weighted by Gasteiger charge is 2.27. The highest BCUT2D eigenvalue weighted by Crippen LogP contribution is 2.29. The molecule has 0 aromatic heterocycles. The van der Waals surface area contributed by atoms with Gasteiger partial charge < -0.3 is 9.47 Å². The summed E-state index contributed by atoms with van der Waals surface area (Å²) in [6.45, 7) is 1.71. The lowest BCUT2D eigenvalue weighted by molar-refractivity contribution is -0.145. The van der Waals surface area contributed by atoms with Crippen LogP contribution in [-0.4, -0.2) is 28.9 Å². The van der Waals surface area contributed by atoms with E-state index in [9.17, 15) is 9.59 Å². The molecule has 0 aliphatic carbocycles. The van der Waals surface area contributed by atoms with Gasteiger partial charge in [0, 0.05) is 4.47 Å². The van der Waals surface area contributed by atoms with Crippen molar-refractivity contribution in [3.8, 4) is 0 Å². The Morgan fingerprint density at radius 3 is 2.14 bits per heavy atom. The van der Waals surface area contributed by atoms with Crippen molar-refractivity contribution in [3.05, 3.63) is 69.7 Å². The largest absolute Gasteiger partial charge is 0.462 e. The van der Waals surface area contributed by atoms with Gasteiger partial charge in [0.05, 0.1) is 18.1 Å². The maximum Gasteiger partial charge on any atom is 0.338 e. The number of hydrogen-bond acceptors (Lipinski definition) is 4. The van der Waals surface area contributed by atoms with Crippen LogP contribution >= 0.6 is 50.7 Å². The van der Waals surface area contributed by atoms with Crippen LogP contribution in [0.2, 0.25) is 0 Å². The topological polar surface area (TPSA) is 52.6 Å². The Morgan fingerprint density at radius 1 is 1.00 bits per heavy atom. The van der Waals surface area contributed by atoms with Crippen LogP contribution in [0.1, 0.15) is 34.3 Å². The second kappa shape index (κ2) is 10.5. The summed E-state index contributed by atoms with van der Waals surface area (Å²) in [5.41, 5.74) is 2.07. The van der Waals surface area contributed by atoms with E-state index < -0.39 is 15.7 Å². The number of rotatable bonds is 7. The van der Waals surface area contributed by atoms with Gasteiger partial charge in [0.1, 0.15) is 6.61 Å². The molecule has 8 heteroatoms. The third-order valence-electron chi connectivity index (χ3n) is 3.84. The van der Waals surface area contributed by atoms with Gasteiger partial charge >= 0.3 is 11.9 Å². The minimum Gasteiger partial charge on any atom is -0.462 e. The second-order valence-corrected chi connectivity index (χ2v) is 9.38. The number of ether oxygens (including phenoxy) is 2. The molecular formula is C20H18BrCl3O4. The molecule has 0 N–H and O–H groups in total. The Kier molecular flexibility index (Phi) is 8.62. The summed E-state index contributed by atoms with van der Waals surface area (Å²) in [5.74, 6) is -1.47. The molecule has 1 atom stereocenters. The van der Waals surface area contributed by atoms with E-state index in [2.05, 4.69) is 15.9 Å². The number of hydrogen-bond donors (Lipinski definition) is 0. The molecule has 0 saturated heterocycles. The predicted octanol–water partition coefficient (Wildman–Crippen LogP) is 5.87. The summed E-state index contributed by atoms with van der Waals surface area (Å²) in [4.78, 5) is 24.4. The van der Waals surface area contributed by atoms with E-state index in [0.29, 0.717) is 18.6 Å². The van der Waals surface area contributed by atoms with Crippen molar-refractivity contribution in [1.82, 2.24) is 0 Å². The first-order valence-electron chi connectivity index (χ1n) is 8.44. The summed E-state index contributed by atoms with van der Waals surface area (Å²) in [7, 11) is 0. The summed E-state index contributed by atoms with van der Waals surface area (Å²) in [5, 5.41) is 0. The van der Waals surface area contributed by atoms with Gasteiger partial charge in [-0.15, -0.1) is 0 Å². The van der Waals surface area contributed by atoms with Crippen molar-refractivity contribution in [2.45, 2.75) is 23.1 Å². The van der Waals surface area contributed by atoms with Crippen LogP contribution in [0.25, 0.3) is 0 Å². The smallest absolute Gasteiger partial charge is 0.338 e. The highest BCUT2D eigenvalue weighted by atomic mass is 79.9. The van der Waals surface area contributed by atoms with Crippen LogP contribution in [0.4, 0.5) is 0 Å². The Labute approximate surface area is 187 Å². The van der Waals surface area contributed by atoms with Crippen molar-refractivity contribution in [2.75, 3.05) is 13.2 Å². The molecule has 0 aliphatic rings. The standard InChI is InChI=1S/C20H18BrCl3O4/c1-2-27-18(25)15-5-3-13(4-6-15)11-17(14-7-9-16(21)10-8-14)19(26)28-12-20(22,23)24/h3-10,17H,2,11-12H2,1H3/t17-/m0/s1. The first-order valence-corrected chi connectivity index (χ1v) is 10.4. The number of benzene rings is 2. The van der Waals surface area contributed by atoms with E-state index >= 15 is 0 Å². The van der Waals surface area contributed by atoms with Gasteiger partial charge in [0.2, 0.25) is 3.79 Å². The molecular weight excluding hydrogens is 490 g/mol. The maximum atomic E-state index is 12.7.